The summed E-state index contributed by atoms with van der Waals surface area (Å²) < 4.78 is 4.88. The van der Waals surface area contributed by atoms with E-state index in [1.807, 2.05) is 0 Å². The van der Waals surface area contributed by atoms with Gasteiger partial charge in [0.15, 0.2) is 0 Å². The van der Waals surface area contributed by atoms with Crippen LogP contribution in [0.25, 0.3) is 0 Å². The minimum atomic E-state index is -1.18. The van der Waals surface area contributed by atoms with Gasteiger partial charge in [0, 0.05) is 12.5 Å². The molecule has 0 unspecified atom stereocenters. The Balaban J connectivity index is 0.000000518. The van der Waals surface area contributed by atoms with Gasteiger partial charge < -0.3 is 20.9 Å². The van der Waals surface area contributed by atoms with E-state index in [9.17, 15) is 9.59 Å². The number of terminal acetylenes is 1. The predicted octanol–water partition coefficient (Wildman–Crippen LogP) is 2.27. The largest absolute Gasteiger partial charge is 0.480 e. The average molecular weight is 312 g/mol. The standard InChI is InChI=1S/C10H15NO4.C6H13N/c1-5-6-7(8(12)13)11-9(14)15-10(2,3)4;7-6-4-2-1-3-5-6/h1,7H,6H2,2-4H3,(H,11,14)(H,12,13);6H,1-5,7H2/t7-;/m1./s1. The van der Waals surface area contributed by atoms with Gasteiger partial charge in [-0.25, -0.2) is 9.59 Å². The van der Waals surface area contributed by atoms with Gasteiger partial charge in [-0.15, -0.1) is 12.3 Å². The number of aliphatic carboxylic acids is 1. The van der Waals surface area contributed by atoms with Crippen LogP contribution in [0.4, 0.5) is 4.79 Å². The van der Waals surface area contributed by atoms with Gasteiger partial charge in [-0.2, -0.15) is 0 Å². The van der Waals surface area contributed by atoms with Crippen LogP contribution >= 0.6 is 0 Å². The molecule has 6 nitrogen and oxygen atoms in total. The van der Waals surface area contributed by atoms with E-state index >= 15 is 0 Å². The number of carboxylic acid groups (broad SMARTS) is 1. The number of hydrogen-bond acceptors (Lipinski definition) is 4. The lowest BCUT2D eigenvalue weighted by Gasteiger charge is -2.21. The van der Waals surface area contributed by atoms with Gasteiger partial charge in [-0.3, -0.25) is 0 Å². The van der Waals surface area contributed by atoms with Crippen LogP contribution in [0.5, 0.6) is 0 Å². The van der Waals surface area contributed by atoms with Crippen molar-refractivity contribution in [3.8, 4) is 12.3 Å². The minimum absolute atomic E-state index is 0.0748. The number of carbonyl (C=O) groups is 2. The number of hydrogen-bond donors (Lipinski definition) is 3. The summed E-state index contributed by atoms with van der Waals surface area (Å²) >= 11 is 0. The van der Waals surface area contributed by atoms with Crippen molar-refractivity contribution in [2.24, 2.45) is 5.73 Å². The van der Waals surface area contributed by atoms with Crippen molar-refractivity contribution in [3.63, 3.8) is 0 Å². The molecule has 1 rings (SSSR count). The van der Waals surface area contributed by atoms with Crippen LogP contribution in [0.15, 0.2) is 0 Å². The summed E-state index contributed by atoms with van der Waals surface area (Å²) in [5.74, 6) is 0.985. The molecule has 0 radical (unpaired) electrons. The molecule has 1 amide bonds. The molecule has 1 aliphatic carbocycles. The number of alkyl carbamates (subject to hydrolysis) is 1. The highest BCUT2D eigenvalue weighted by molar-refractivity contribution is 5.80. The van der Waals surface area contributed by atoms with Crippen LogP contribution in [-0.4, -0.2) is 34.9 Å². The molecule has 0 bridgehead atoms. The molecule has 6 heteroatoms. The molecule has 126 valence electrons. The molecule has 4 N–H and O–H groups in total. The first-order chi connectivity index (χ1) is 10.2. The molecule has 1 aliphatic rings. The Morgan fingerprint density at radius 3 is 2.23 bits per heavy atom. The molecule has 0 spiro atoms. The smallest absolute Gasteiger partial charge is 0.408 e. The van der Waals surface area contributed by atoms with Gasteiger partial charge >= 0.3 is 12.1 Å². The molecule has 22 heavy (non-hydrogen) atoms. The third-order valence-electron chi connectivity index (χ3n) is 2.96. The van der Waals surface area contributed by atoms with Crippen molar-refractivity contribution in [2.45, 2.75) is 77.0 Å². The molecule has 0 aromatic carbocycles. The van der Waals surface area contributed by atoms with E-state index in [1.165, 1.54) is 32.1 Å². The van der Waals surface area contributed by atoms with Crippen molar-refractivity contribution in [1.29, 1.82) is 0 Å². The summed E-state index contributed by atoms with van der Waals surface area (Å²) in [6, 6.07) is -0.571. The summed E-state index contributed by atoms with van der Waals surface area (Å²) in [7, 11) is 0. The fourth-order valence-corrected chi connectivity index (χ4v) is 1.90. The van der Waals surface area contributed by atoms with Crippen molar-refractivity contribution in [1.82, 2.24) is 5.32 Å². The van der Waals surface area contributed by atoms with Crippen LogP contribution < -0.4 is 11.1 Å². The predicted molar refractivity (Wildman–Crippen MR) is 85.3 cm³/mol. The van der Waals surface area contributed by atoms with Gasteiger partial charge in [-0.1, -0.05) is 19.3 Å². The molecule has 1 saturated carbocycles. The van der Waals surface area contributed by atoms with E-state index in [0.29, 0.717) is 6.04 Å². The Morgan fingerprint density at radius 1 is 1.36 bits per heavy atom. The highest BCUT2D eigenvalue weighted by Gasteiger charge is 2.22. The number of rotatable bonds is 3. The molecule has 0 heterocycles. The third kappa shape index (κ3) is 11.0. The van der Waals surface area contributed by atoms with Crippen LogP contribution in [0.3, 0.4) is 0 Å². The van der Waals surface area contributed by atoms with Crippen molar-refractivity contribution >= 4 is 12.1 Å². The van der Waals surface area contributed by atoms with Gasteiger partial charge in [0.1, 0.15) is 11.6 Å². The van der Waals surface area contributed by atoms with Gasteiger partial charge in [0.2, 0.25) is 0 Å². The second-order valence-corrected chi connectivity index (χ2v) is 6.34. The highest BCUT2D eigenvalue weighted by Crippen LogP contribution is 2.14. The third-order valence-corrected chi connectivity index (χ3v) is 2.96. The topological polar surface area (TPSA) is 102 Å². The van der Waals surface area contributed by atoms with Crippen LogP contribution in [0.1, 0.15) is 59.3 Å². The molecule has 1 fully saturated rings. The van der Waals surface area contributed by atoms with E-state index in [2.05, 4.69) is 11.2 Å². The summed E-state index contributed by atoms with van der Waals surface area (Å²) in [6.45, 7) is 5.05. The molecular formula is C16H28N2O4. The molecular weight excluding hydrogens is 284 g/mol. The maximum atomic E-state index is 11.2. The van der Waals surface area contributed by atoms with Gasteiger partial charge in [0.25, 0.3) is 0 Å². The van der Waals surface area contributed by atoms with Crippen molar-refractivity contribution < 1.29 is 19.4 Å². The lowest BCUT2D eigenvalue weighted by molar-refractivity contribution is -0.139. The summed E-state index contributed by atoms with van der Waals surface area (Å²) in [5.41, 5.74) is 4.97. The Bertz CT molecular complexity index is 390. The number of carboxylic acids is 1. The van der Waals surface area contributed by atoms with Crippen LogP contribution in [0.2, 0.25) is 0 Å². The Hall–Kier alpha value is -1.74. The number of amides is 1. The highest BCUT2D eigenvalue weighted by atomic mass is 16.6. The second kappa shape index (κ2) is 10.1. The summed E-state index contributed by atoms with van der Waals surface area (Å²) in [4.78, 5) is 21.8. The summed E-state index contributed by atoms with van der Waals surface area (Å²) in [6.07, 6.45) is 10.8. The maximum absolute atomic E-state index is 11.2. The van der Waals surface area contributed by atoms with E-state index in [0.717, 1.165) is 0 Å². The molecule has 0 aliphatic heterocycles. The molecule has 1 atom stereocenters. The van der Waals surface area contributed by atoms with E-state index < -0.39 is 23.7 Å². The normalized spacial score (nSPS) is 16.5. The monoisotopic (exact) mass is 312 g/mol. The van der Waals surface area contributed by atoms with E-state index in [1.54, 1.807) is 20.8 Å². The zero-order valence-corrected chi connectivity index (χ0v) is 13.7. The first-order valence-electron chi connectivity index (χ1n) is 7.57. The average Bonchev–Trinajstić information content (AvgIpc) is 2.37. The van der Waals surface area contributed by atoms with Gasteiger partial charge in [-0.05, 0) is 33.6 Å². The molecule has 0 saturated heterocycles. The van der Waals surface area contributed by atoms with Gasteiger partial charge in [0.05, 0.1) is 0 Å². The molecule has 0 aromatic rings. The fraction of sp³-hybridized carbons (Fsp3) is 0.750. The van der Waals surface area contributed by atoms with Crippen LogP contribution in [-0.2, 0) is 9.53 Å². The Kier molecular flexibility index (Phi) is 9.27. The number of nitrogens with two attached hydrogens (primary N) is 1. The Labute approximate surface area is 132 Å². The second-order valence-electron chi connectivity index (χ2n) is 6.34. The number of carbonyl (C=O) groups excluding carboxylic acids is 1. The van der Waals surface area contributed by atoms with Crippen molar-refractivity contribution in [3.05, 3.63) is 0 Å². The minimum Gasteiger partial charge on any atom is -0.480 e. The quantitative estimate of drug-likeness (QED) is 0.694. The Morgan fingerprint density at radius 2 is 1.91 bits per heavy atom. The zero-order valence-electron chi connectivity index (χ0n) is 13.7. The first kappa shape index (κ1) is 20.3. The summed E-state index contributed by atoms with van der Waals surface area (Å²) in [5, 5.41) is 10.9. The maximum Gasteiger partial charge on any atom is 0.408 e. The fourth-order valence-electron chi connectivity index (χ4n) is 1.90. The van der Waals surface area contributed by atoms with Crippen LogP contribution in [0, 0.1) is 12.3 Å². The lowest BCUT2D eigenvalue weighted by atomic mass is 9.97. The first-order valence-corrected chi connectivity index (χ1v) is 7.57. The number of ether oxygens (including phenoxy) is 1. The van der Waals surface area contributed by atoms with Crippen molar-refractivity contribution in [2.75, 3.05) is 0 Å². The van der Waals surface area contributed by atoms with E-state index in [4.69, 9.17) is 22.0 Å². The van der Waals surface area contributed by atoms with E-state index in [-0.39, 0.29) is 6.42 Å². The lowest BCUT2D eigenvalue weighted by Crippen LogP contribution is -2.43. The SMILES string of the molecule is C#CC[C@@H](NC(=O)OC(C)(C)C)C(=O)O.NC1CCCCC1. The zero-order chi connectivity index (χ0) is 17.2. The number of nitrogens with one attached hydrogen (secondary N) is 1. The molecule has 0 aromatic heterocycles.